The van der Waals surface area contributed by atoms with Crippen molar-refractivity contribution >= 4 is 23.3 Å². The summed E-state index contributed by atoms with van der Waals surface area (Å²) < 4.78 is 0. The minimum absolute atomic E-state index is 0.0304. The van der Waals surface area contributed by atoms with Gasteiger partial charge in [0.1, 0.15) is 0 Å². The van der Waals surface area contributed by atoms with E-state index in [9.17, 15) is 9.59 Å². The Morgan fingerprint density at radius 3 is 2.38 bits per heavy atom. The van der Waals surface area contributed by atoms with Crippen LogP contribution in [0, 0.1) is 6.92 Å². The lowest BCUT2D eigenvalue weighted by Crippen LogP contribution is -2.32. The summed E-state index contributed by atoms with van der Waals surface area (Å²) in [7, 11) is 0. The van der Waals surface area contributed by atoms with Gasteiger partial charge in [-0.2, -0.15) is 0 Å². The summed E-state index contributed by atoms with van der Waals surface area (Å²) >= 11 is 5.58. The Morgan fingerprint density at radius 2 is 1.88 bits per heavy atom. The van der Waals surface area contributed by atoms with Crippen molar-refractivity contribution in [1.29, 1.82) is 0 Å². The van der Waals surface area contributed by atoms with Crippen LogP contribution in [-0.2, 0) is 4.79 Å². The highest BCUT2D eigenvalue weighted by atomic mass is 35.5. The fourth-order valence-corrected chi connectivity index (χ4v) is 1.19. The van der Waals surface area contributed by atoms with Gasteiger partial charge in [-0.25, -0.2) is 0 Å². The van der Waals surface area contributed by atoms with E-state index in [4.69, 9.17) is 11.6 Å². The number of benzene rings is 1. The first-order valence-corrected chi connectivity index (χ1v) is 5.46. The van der Waals surface area contributed by atoms with Crippen molar-refractivity contribution in [3.8, 4) is 0 Å². The largest absolute Gasteiger partial charge is 0.345 e. The van der Waals surface area contributed by atoms with Crippen molar-refractivity contribution in [3.63, 3.8) is 0 Å². The van der Waals surface area contributed by atoms with Gasteiger partial charge in [0, 0.05) is 5.56 Å². The van der Waals surface area contributed by atoms with E-state index in [0.29, 0.717) is 5.56 Å². The van der Waals surface area contributed by atoms with Crippen LogP contribution in [0.2, 0.25) is 0 Å². The van der Waals surface area contributed by atoms with Gasteiger partial charge in [0.05, 0.1) is 11.9 Å². The SMILES string of the molecule is Cc1ccc(C(=O)NCC(=O)[C@@H](C)Cl)cc1. The third-order valence-electron chi connectivity index (χ3n) is 2.18. The predicted octanol–water partition coefficient (Wildman–Crippen LogP) is 1.92. The van der Waals surface area contributed by atoms with Gasteiger partial charge in [-0.15, -0.1) is 11.6 Å². The van der Waals surface area contributed by atoms with Gasteiger partial charge in [-0.1, -0.05) is 17.7 Å². The van der Waals surface area contributed by atoms with E-state index in [-0.39, 0.29) is 18.2 Å². The number of halogens is 1. The molecule has 0 heterocycles. The van der Waals surface area contributed by atoms with Crippen molar-refractivity contribution in [2.45, 2.75) is 19.2 Å². The molecule has 0 radical (unpaired) electrons. The van der Waals surface area contributed by atoms with Gasteiger partial charge in [0.25, 0.3) is 5.91 Å². The molecule has 0 bridgehead atoms. The van der Waals surface area contributed by atoms with Crippen molar-refractivity contribution < 1.29 is 9.59 Å². The van der Waals surface area contributed by atoms with Crippen molar-refractivity contribution in [3.05, 3.63) is 35.4 Å². The summed E-state index contributed by atoms with van der Waals surface area (Å²) in [6, 6.07) is 7.14. The number of hydrogen-bond donors (Lipinski definition) is 1. The third-order valence-corrected chi connectivity index (χ3v) is 2.42. The zero-order chi connectivity index (χ0) is 12.1. The second-order valence-electron chi connectivity index (χ2n) is 3.63. The Bertz CT molecular complexity index is 385. The smallest absolute Gasteiger partial charge is 0.251 e. The van der Waals surface area contributed by atoms with Gasteiger partial charge >= 0.3 is 0 Å². The van der Waals surface area contributed by atoms with E-state index in [0.717, 1.165) is 5.56 Å². The van der Waals surface area contributed by atoms with E-state index < -0.39 is 5.38 Å². The molecule has 1 amide bonds. The molecular formula is C12H14ClNO2. The van der Waals surface area contributed by atoms with Gasteiger partial charge < -0.3 is 5.32 Å². The minimum Gasteiger partial charge on any atom is -0.345 e. The van der Waals surface area contributed by atoms with Crippen LogP contribution >= 0.6 is 11.6 Å². The fraction of sp³-hybridized carbons (Fsp3) is 0.333. The van der Waals surface area contributed by atoms with E-state index in [2.05, 4.69) is 5.32 Å². The van der Waals surface area contributed by atoms with Crippen molar-refractivity contribution in [1.82, 2.24) is 5.32 Å². The molecule has 1 aromatic carbocycles. The standard InChI is InChI=1S/C12H14ClNO2/c1-8-3-5-10(6-4-8)12(16)14-7-11(15)9(2)13/h3-6,9H,7H2,1-2H3,(H,14,16)/t9-/m1/s1. The molecular weight excluding hydrogens is 226 g/mol. The van der Waals surface area contributed by atoms with E-state index in [1.54, 1.807) is 19.1 Å². The van der Waals surface area contributed by atoms with Gasteiger partial charge in [0.2, 0.25) is 0 Å². The molecule has 0 unspecified atom stereocenters. The van der Waals surface area contributed by atoms with Crippen LogP contribution in [0.3, 0.4) is 0 Å². The maximum atomic E-state index is 11.6. The van der Waals surface area contributed by atoms with Gasteiger partial charge in [-0.3, -0.25) is 9.59 Å². The first-order valence-electron chi connectivity index (χ1n) is 5.02. The Labute approximate surface area is 99.8 Å². The summed E-state index contributed by atoms with van der Waals surface area (Å²) in [5, 5.41) is 1.96. The second-order valence-corrected chi connectivity index (χ2v) is 4.29. The number of carbonyl (C=O) groups is 2. The Kier molecular flexibility index (Phi) is 4.50. The number of aryl methyl sites for hydroxylation is 1. The number of nitrogens with one attached hydrogen (secondary N) is 1. The number of carbonyl (C=O) groups excluding carboxylic acids is 2. The molecule has 86 valence electrons. The zero-order valence-corrected chi connectivity index (χ0v) is 10.0. The summed E-state index contributed by atoms with van der Waals surface area (Å²) in [6.07, 6.45) is 0. The predicted molar refractivity (Wildman–Crippen MR) is 63.8 cm³/mol. The molecule has 0 saturated heterocycles. The monoisotopic (exact) mass is 239 g/mol. The molecule has 1 rings (SSSR count). The van der Waals surface area contributed by atoms with Crippen LogP contribution in [-0.4, -0.2) is 23.6 Å². The number of ketones is 1. The summed E-state index contributed by atoms with van der Waals surface area (Å²) in [4.78, 5) is 22.8. The average Bonchev–Trinajstić information content (AvgIpc) is 2.26. The van der Waals surface area contributed by atoms with Crippen LogP contribution in [0.1, 0.15) is 22.8 Å². The molecule has 0 aromatic heterocycles. The lowest BCUT2D eigenvalue weighted by atomic mass is 10.1. The summed E-state index contributed by atoms with van der Waals surface area (Å²) in [5.41, 5.74) is 1.63. The fourth-order valence-electron chi connectivity index (χ4n) is 1.12. The average molecular weight is 240 g/mol. The van der Waals surface area contributed by atoms with Crippen molar-refractivity contribution in [2.75, 3.05) is 6.54 Å². The first kappa shape index (κ1) is 12.7. The van der Waals surface area contributed by atoms with Crippen LogP contribution < -0.4 is 5.32 Å². The van der Waals surface area contributed by atoms with Gasteiger partial charge in [0.15, 0.2) is 5.78 Å². The quantitative estimate of drug-likeness (QED) is 0.816. The lowest BCUT2D eigenvalue weighted by Gasteiger charge is -2.05. The lowest BCUT2D eigenvalue weighted by molar-refractivity contribution is -0.117. The Balaban J connectivity index is 2.53. The van der Waals surface area contributed by atoms with Crippen LogP contribution in [0.4, 0.5) is 0 Å². The van der Waals surface area contributed by atoms with Crippen LogP contribution in [0.25, 0.3) is 0 Å². The van der Waals surface area contributed by atoms with E-state index in [1.165, 1.54) is 0 Å². The normalized spacial score (nSPS) is 11.9. The highest BCUT2D eigenvalue weighted by Crippen LogP contribution is 2.02. The highest BCUT2D eigenvalue weighted by molar-refractivity contribution is 6.31. The molecule has 0 saturated carbocycles. The zero-order valence-electron chi connectivity index (χ0n) is 9.29. The maximum absolute atomic E-state index is 11.6. The molecule has 1 atom stereocenters. The Morgan fingerprint density at radius 1 is 1.31 bits per heavy atom. The van der Waals surface area contributed by atoms with Crippen LogP contribution in [0.15, 0.2) is 24.3 Å². The van der Waals surface area contributed by atoms with E-state index in [1.807, 2.05) is 19.1 Å². The van der Waals surface area contributed by atoms with Gasteiger partial charge in [-0.05, 0) is 26.0 Å². The molecule has 1 N–H and O–H groups in total. The first-order chi connectivity index (χ1) is 7.50. The molecule has 0 fully saturated rings. The molecule has 16 heavy (non-hydrogen) atoms. The van der Waals surface area contributed by atoms with Crippen LogP contribution in [0.5, 0.6) is 0 Å². The molecule has 0 aliphatic carbocycles. The molecule has 0 aliphatic rings. The Hall–Kier alpha value is -1.35. The number of amides is 1. The third kappa shape index (κ3) is 3.66. The summed E-state index contributed by atoms with van der Waals surface area (Å²) in [5.74, 6) is -0.451. The summed E-state index contributed by atoms with van der Waals surface area (Å²) in [6.45, 7) is 3.50. The highest BCUT2D eigenvalue weighted by Gasteiger charge is 2.11. The van der Waals surface area contributed by atoms with E-state index >= 15 is 0 Å². The topological polar surface area (TPSA) is 46.2 Å². The minimum atomic E-state index is -0.571. The molecule has 0 spiro atoms. The van der Waals surface area contributed by atoms with Crippen molar-refractivity contribution in [2.24, 2.45) is 0 Å². The second kappa shape index (κ2) is 5.66. The number of alkyl halides is 1. The number of hydrogen-bond acceptors (Lipinski definition) is 2. The maximum Gasteiger partial charge on any atom is 0.251 e. The molecule has 4 heteroatoms. The molecule has 0 aliphatic heterocycles. The molecule has 1 aromatic rings. The number of rotatable bonds is 4. The number of Topliss-reactive ketones (excluding diaryl/α,β-unsaturated/α-hetero) is 1. The molecule has 3 nitrogen and oxygen atoms in total.